The van der Waals surface area contributed by atoms with Crippen LogP contribution in [0.1, 0.15) is 11.4 Å². The van der Waals surface area contributed by atoms with Gasteiger partial charge in [0.15, 0.2) is 0 Å². The quantitative estimate of drug-likeness (QED) is 0.879. The van der Waals surface area contributed by atoms with Gasteiger partial charge in [0.1, 0.15) is 11.6 Å². The van der Waals surface area contributed by atoms with Gasteiger partial charge >= 0.3 is 0 Å². The highest BCUT2D eigenvalue weighted by Crippen LogP contribution is 2.12. The Bertz CT molecular complexity index is 548. The van der Waals surface area contributed by atoms with Crippen molar-refractivity contribution in [2.24, 2.45) is 0 Å². The first-order valence-corrected chi connectivity index (χ1v) is 5.53. The van der Waals surface area contributed by atoms with Crippen molar-refractivity contribution in [3.05, 3.63) is 56.5 Å². The van der Waals surface area contributed by atoms with Crippen molar-refractivity contribution in [2.45, 2.75) is 6.42 Å². The fraction of sp³-hybridized carbons (Fsp3) is 0.0909. The van der Waals surface area contributed by atoms with Crippen molar-refractivity contribution in [3.8, 4) is 0 Å². The van der Waals surface area contributed by atoms with Crippen LogP contribution in [-0.2, 0) is 6.42 Å². The van der Waals surface area contributed by atoms with Gasteiger partial charge < -0.3 is 10.7 Å². The summed E-state index contributed by atoms with van der Waals surface area (Å²) in [7, 11) is 0. The number of rotatable bonds is 2. The molecule has 5 heteroatoms. The molecule has 0 atom stereocenters. The zero-order chi connectivity index (χ0) is 11.5. The summed E-state index contributed by atoms with van der Waals surface area (Å²) in [6.07, 6.45) is 0.563. The van der Waals surface area contributed by atoms with Crippen molar-refractivity contribution >= 4 is 21.7 Å². The molecule has 0 fully saturated rings. The summed E-state index contributed by atoms with van der Waals surface area (Å²) in [5.41, 5.74) is 6.34. The van der Waals surface area contributed by atoms with E-state index in [0.29, 0.717) is 12.2 Å². The molecule has 82 valence electrons. The molecular weight excluding hydrogens is 270 g/mol. The number of anilines is 1. The number of H-pyrrole nitrogens is 1. The van der Waals surface area contributed by atoms with Gasteiger partial charge in [-0.2, -0.15) is 0 Å². The van der Waals surface area contributed by atoms with Crippen LogP contribution in [0, 0.1) is 0 Å². The third-order valence-corrected chi connectivity index (χ3v) is 2.62. The highest BCUT2D eigenvalue weighted by atomic mass is 79.9. The number of nitrogens with two attached hydrogens (primary N) is 1. The van der Waals surface area contributed by atoms with E-state index < -0.39 is 0 Å². The second-order valence-electron chi connectivity index (χ2n) is 3.42. The first-order valence-electron chi connectivity index (χ1n) is 4.73. The molecule has 1 heterocycles. The Hall–Kier alpha value is -1.62. The summed E-state index contributed by atoms with van der Waals surface area (Å²) in [6.45, 7) is 0. The van der Waals surface area contributed by atoms with Crippen molar-refractivity contribution in [1.29, 1.82) is 0 Å². The smallest absolute Gasteiger partial charge is 0.252 e. The Kier molecular flexibility index (Phi) is 3.05. The van der Waals surface area contributed by atoms with Crippen LogP contribution in [0.15, 0.2) is 39.6 Å². The lowest BCUT2D eigenvalue weighted by atomic mass is 10.1. The molecule has 2 aromatic rings. The SMILES string of the molecule is Nc1cc(=O)[nH]c(Cc2ccc(Br)cc2)n1. The van der Waals surface area contributed by atoms with Crippen LogP contribution in [0.5, 0.6) is 0 Å². The topological polar surface area (TPSA) is 71.8 Å². The molecule has 0 aliphatic carbocycles. The largest absolute Gasteiger partial charge is 0.383 e. The fourth-order valence-electron chi connectivity index (χ4n) is 1.41. The van der Waals surface area contributed by atoms with Crippen LogP contribution in [0.25, 0.3) is 0 Å². The molecule has 1 aromatic heterocycles. The third-order valence-electron chi connectivity index (χ3n) is 2.10. The van der Waals surface area contributed by atoms with Crippen LogP contribution in [0.3, 0.4) is 0 Å². The monoisotopic (exact) mass is 279 g/mol. The van der Waals surface area contributed by atoms with Gasteiger partial charge in [0.05, 0.1) is 0 Å². The molecule has 2 rings (SSSR count). The van der Waals surface area contributed by atoms with Gasteiger partial charge in [0.2, 0.25) is 0 Å². The molecule has 0 saturated carbocycles. The van der Waals surface area contributed by atoms with Gasteiger partial charge in [-0.25, -0.2) is 4.98 Å². The molecule has 16 heavy (non-hydrogen) atoms. The second kappa shape index (κ2) is 4.49. The highest BCUT2D eigenvalue weighted by molar-refractivity contribution is 9.10. The van der Waals surface area contributed by atoms with Gasteiger partial charge in [0.25, 0.3) is 5.56 Å². The molecular formula is C11H10BrN3O. The summed E-state index contributed by atoms with van der Waals surface area (Å²) in [5, 5.41) is 0. The molecule has 0 aliphatic heterocycles. The first kappa shape index (κ1) is 10.9. The molecule has 0 bridgehead atoms. The van der Waals surface area contributed by atoms with E-state index >= 15 is 0 Å². The van der Waals surface area contributed by atoms with E-state index in [0.717, 1.165) is 10.0 Å². The van der Waals surface area contributed by atoms with Crippen molar-refractivity contribution in [1.82, 2.24) is 9.97 Å². The van der Waals surface area contributed by atoms with Gasteiger partial charge in [-0.15, -0.1) is 0 Å². The summed E-state index contributed by atoms with van der Waals surface area (Å²) in [5.74, 6) is 0.822. The Morgan fingerprint density at radius 1 is 1.31 bits per heavy atom. The van der Waals surface area contributed by atoms with E-state index in [4.69, 9.17) is 5.73 Å². The number of hydrogen-bond donors (Lipinski definition) is 2. The predicted molar refractivity (Wildman–Crippen MR) is 66.2 cm³/mol. The fourth-order valence-corrected chi connectivity index (χ4v) is 1.67. The maximum atomic E-state index is 11.2. The Balaban J connectivity index is 2.26. The molecule has 0 saturated heterocycles. The van der Waals surface area contributed by atoms with Crippen LogP contribution in [-0.4, -0.2) is 9.97 Å². The molecule has 1 aromatic carbocycles. The predicted octanol–water partition coefficient (Wildman–Crippen LogP) is 1.71. The molecule has 0 unspecified atom stereocenters. The van der Waals surface area contributed by atoms with Crippen LogP contribution < -0.4 is 11.3 Å². The summed E-state index contributed by atoms with van der Waals surface area (Å²) >= 11 is 3.36. The van der Waals surface area contributed by atoms with E-state index in [1.807, 2.05) is 24.3 Å². The molecule has 0 aliphatic rings. The number of nitrogen functional groups attached to an aromatic ring is 1. The average molecular weight is 280 g/mol. The van der Waals surface area contributed by atoms with Crippen molar-refractivity contribution in [2.75, 3.05) is 5.73 Å². The minimum absolute atomic E-state index is 0.223. The first-order chi connectivity index (χ1) is 7.63. The van der Waals surface area contributed by atoms with Crippen molar-refractivity contribution < 1.29 is 0 Å². The Morgan fingerprint density at radius 2 is 2.00 bits per heavy atom. The van der Waals surface area contributed by atoms with Gasteiger partial charge in [-0.1, -0.05) is 28.1 Å². The van der Waals surface area contributed by atoms with Crippen LogP contribution >= 0.6 is 15.9 Å². The maximum Gasteiger partial charge on any atom is 0.252 e. The minimum Gasteiger partial charge on any atom is -0.383 e. The van der Waals surface area contributed by atoms with E-state index in [1.54, 1.807) is 0 Å². The number of nitrogens with zero attached hydrogens (tertiary/aromatic N) is 1. The maximum absolute atomic E-state index is 11.2. The van der Waals surface area contributed by atoms with E-state index in [-0.39, 0.29) is 11.4 Å². The van der Waals surface area contributed by atoms with Crippen LogP contribution in [0.2, 0.25) is 0 Å². The van der Waals surface area contributed by atoms with Gasteiger partial charge in [-0.05, 0) is 17.7 Å². The van der Waals surface area contributed by atoms with Gasteiger partial charge in [-0.3, -0.25) is 4.79 Å². The highest BCUT2D eigenvalue weighted by Gasteiger charge is 2.00. The normalized spacial score (nSPS) is 10.3. The van der Waals surface area contributed by atoms with Crippen LogP contribution in [0.4, 0.5) is 5.82 Å². The molecule has 0 radical (unpaired) electrons. The second-order valence-corrected chi connectivity index (χ2v) is 4.34. The number of halogens is 1. The van der Waals surface area contributed by atoms with E-state index in [2.05, 4.69) is 25.9 Å². The number of hydrogen-bond acceptors (Lipinski definition) is 3. The van der Waals surface area contributed by atoms with Crippen molar-refractivity contribution in [3.63, 3.8) is 0 Å². The number of aromatic nitrogens is 2. The number of nitrogens with one attached hydrogen (secondary N) is 1. The summed E-state index contributed by atoms with van der Waals surface area (Å²) < 4.78 is 1.02. The Labute approximate surface area is 101 Å². The minimum atomic E-state index is -0.223. The molecule has 4 nitrogen and oxygen atoms in total. The molecule has 3 N–H and O–H groups in total. The summed E-state index contributed by atoms with van der Waals surface area (Å²) in [6, 6.07) is 9.09. The van der Waals surface area contributed by atoms with E-state index in [9.17, 15) is 4.79 Å². The standard InChI is InChI=1S/C11H10BrN3O/c12-8-3-1-7(2-4-8)5-10-14-9(13)6-11(16)15-10/h1-4,6H,5H2,(H3,13,14,15,16). The lowest BCUT2D eigenvalue weighted by Crippen LogP contribution is -2.12. The lowest BCUT2D eigenvalue weighted by Gasteiger charge is -2.02. The number of aromatic amines is 1. The van der Waals surface area contributed by atoms with E-state index in [1.165, 1.54) is 6.07 Å². The number of benzene rings is 1. The molecule has 0 spiro atoms. The average Bonchev–Trinajstić information content (AvgIpc) is 2.20. The zero-order valence-electron chi connectivity index (χ0n) is 8.40. The lowest BCUT2D eigenvalue weighted by molar-refractivity contribution is 0.952. The Morgan fingerprint density at radius 3 is 2.62 bits per heavy atom. The zero-order valence-corrected chi connectivity index (χ0v) is 9.99. The molecule has 0 amide bonds. The summed E-state index contributed by atoms with van der Waals surface area (Å²) in [4.78, 5) is 17.9. The third kappa shape index (κ3) is 2.70. The van der Waals surface area contributed by atoms with Gasteiger partial charge in [0, 0.05) is 17.0 Å².